The van der Waals surface area contributed by atoms with E-state index in [9.17, 15) is 9.59 Å². The van der Waals surface area contributed by atoms with Gasteiger partial charge in [-0.05, 0) is 24.5 Å². The van der Waals surface area contributed by atoms with Crippen LogP contribution in [0.1, 0.15) is 36.7 Å². The molecule has 6 nitrogen and oxygen atoms in total. The summed E-state index contributed by atoms with van der Waals surface area (Å²) < 4.78 is 5.37. The Balaban J connectivity index is 1.69. The fraction of sp³-hybridized carbons (Fsp3) is 0.636. The van der Waals surface area contributed by atoms with Crippen molar-refractivity contribution >= 4 is 23.6 Å². The minimum Gasteiger partial charge on any atom is -0.379 e. The first-order valence-corrected chi connectivity index (χ1v) is 11.4. The van der Waals surface area contributed by atoms with E-state index < -0.39 is 6.04 Å². The fourth-order valence-electron chi connectivity index (χ4n) is 3.75. The van der Waals surface area contributed by atoms with Crippen LogP contribution in [0.25, 0.3) is 0 Å². The third kappa shape index (κ3) is 5.53. The Labute approximate surface area is 178 Å². The highest BCUT2D eigenvalue weighted by molar-refractivity contribution is 8.00. The molecular weight excluding hydrogens is 386 g/mol. The molecule has 2 unspecified atom stereocenters. The molecule has 0 saturated carbocycles. The summed E-state index contributed by atoms with van der Waals surface area (Å²) >= 11 is 1.70. The molecule has 1 aromatic rings. The second-order valence-corrected chi connectivity index (χ2v) is 10.0. The number of carbonyl (C=O) groups excluding carboxylic acids is 2. The van der Waals surface area contributed by atoms with Crippen LogP contribution in [0.4, 0.5) is 0 Å². The van der Waals surface area contributed by atoms with Crippen molar-refractivity contribution in [3.8, 4) is 0 Å². The number of morpholine rings is 1. The van der Waals surface area contributed by atoms with Crippen molar-refractivity contribution in [2.45, 2.75) is 39.1 Å². The highest BCUT2D eigenvalue weighted by Gasteiger charge is 2.46. The first-order valence-electron chi connectivity index (χ1n) is 10.4. The molecule has 1 aromatic carbocycles. The van der Waals surface area contributed by atoms with Crippen molar-refractivity contribution in [1.29, 1.82) is 0 Å². The second-order valence-electron chi connectivity index (χ2n) is 8.89. The predicted octanol–water partition coefficient (Wildman–Crippen LogP) is 2.37. The van der Waals surface area contributed by atoms with E-state index in [1.807, 2.05) is 31.2 Å². The van der Waals surface area contributed by atoms with Crippen molar-refractivity contribution < 1.29 is 14.3 Å². The SMILES string of the molecule is Cc1ccc(C(=O)N2C(C(=O)NCCN3CCOCC3)CSC2C(C)(C)C)cc1. The quantitative estimate of drug-likeness (QED) is 0.794. The highest BCUT2D eigenvalue weighted by atomic mass is 32.2. The Kier molecular flexibility index (Phi) is 7.24. The number of thioether (sulfide) groups is 1. The van der Waals surface area contributed by atoms with Gasteiger partial charge in [0.15, 0.2) is 0 Å². The van der Waals surface area contributed by atoms with E-state index >= 15 is 0 Å². The van der Waals surface area contributed by atoms with Crippen molar-refractivity contribution in [2.75, 3.05) is 45.1 Å². The Hall–Kier alpha value is -1.57. The summed E-state index contributed by atoms with van der Waals surface area (Å²) in [4.78, 5) is 30.5. The number of hydrogen-bond donors (Lipinski definition) is 1. The maximum atomic E-state index is 13.4. The van der Waals surface area contributed by atoms with Crippen LogP contribution in [0.5, 0.6) is 0 Å². The van der Waals surface area contributed by atoms with Gasteiger partial charge < -0.3 is 15.0 Å². The molecule has 0 bridgehead atoms. The first kappa shape index (κ1) is 22.1. The Bertz CT molecular complexity index is 711. The minimum absolute atomic E-state index is 0.0358. The Morgan fingerprint density at radius 3 is 2.45 bits per heavy atom. The maximum absolute atomic E-state index is 13.4. The summed E-state index contributed by atoms with van der Waals surface area (Å²) in [5, 5.41) is 3.02. The first-order chi connectivity index (χ1) is 13.8. The molecule has 7 heteroatoms. The number of hydrogen-bond acceptors (Lipinski definition) is 5. The third-order valence-corrected chi connectivity index (χ3v) is 7.17. The monoisotopic (exact) mass is 419 g/mol. The molecule has 2 heterocycles. The second kappa shape index (κ2) is 9.49. The standard InChI is InChI=1S/C22H33N3O3S/c1-16-5-7-17(8-6-16)20(27)25-18(15-29-21(25)22(2,3)4)19(26)23-9-10-24-11-13-28-14-12-24/h5-8,18,21H,9-15H2,1-4H3,(H,23,26). The van der Waals surface area contributed by atoms with Crippen LogP contribution in [0.15, 0.2) is 24.3 Å². The zero-order chi connectivity index (χ0) is 21.0. The predicted molar refractivity (Wildman–Crippen MR) is 117 cm³/mol. The van der Waals surface area contributed by atoms with E-state index in [0.717, 1.165) is 38.4 Å². The number of carbonyl (C=O) groups is 2. The van der Waals surface area contributed by atoms with Crippen LogP contribution in [0.3, 0.4) is 0 Å². The van der Waals surface area contributed by atoms with Crippen LogP contribution < -0.4 is 5.32 Å². The number of nitrogens with one attached hydrogen (secondary N) is 1. The number of aryl methyl sites for hydroxylation is 1. The molecular formula is C22H33N3O3S. The van der Waals surface area contributed by atoms with Gasteiger partial charge in [-0.3, -0.25) is 14.5 Å². The van der Waals surface area contributed by atoms with E-state index in [0.29, 0.717) is 17.9 Å². The van der Waals surface area contributed by atoms with Crippen LogP contribution in [-0.4, -0.2) is 78.2 Å². The highest BCUT2D eigenvalue weighted by Crippen LogP contribution is 2.41. The van der Waals surface area contributed by atoms with Gasteiger partial charge in [0.1, 0.15) is 6.04 Å². The van der Waals surface area contributed by atoms with E-state index in [-0.39, 0.29) is 22.6 Å². The topological polar surface area (TPSA) is 61.9 Å². The normalized spacial score (nSPS) is 23.2. The third-order valence-electron chi connectivity index (χ3n) is 5.41. The van der Waals surface area contributed by atoms with E-state index in [1.165, 1.54) is 0 Å². The van der Waals surface area contributed by atoms with Crippen LogP contribution >= 0.6 is 11.8 Å². The van der Waals surface area contributed by atoms with Crippen LogP contribution in [-0.2, 0) is 9.53 Å². The lowest BCUT2D eigenvalue weighted by Crippen LogP contribution is -2.53. The molecule has 2 fully saturated rings. The molecule has 3 rings (SSSR count). The summed E-state index contributed by atoms with van der Waals surface area (Å²) in [6.07, 6.45) is 0. The van der Waals surface area contributed by atoms with Crippen molar-refractivity contribution in [3.63, 3.8) is 0 Å². The van der Waals surface area contributed by atoms with Crippen LogP contribution in [0, 0.1) is 12.3 Å². The maximum Gasteiger partial charge on any atom is 0.255 e. The molecule has 0 radical (unpaired) electrons. The largest absolute Gasteiger partial charge is 0.379 e. The average molecular weight is 420 g/mol. The summed E-state index contributed by atoms with van der Waals surface area (Å²) in [7, 11) is 0. The number of benzene rings is 1. The molecule has 2 aliphatic heterocycles. The molecule has 2 aliphatic rings. The van der Waals surface area contributed by atoms with E-state index in [2.05, 4.69) is 31.0 Å². The summed E-state index contributed by atoms with van der Waals surface area (Å²) in [6, 6.07) is 7.16. The lowest BCUT2D eigenvalue weighted by molar-refractivity contribution is -0.125. The van der Waals surface area contributed by atoms with E-state index in [4.69, 9.17) is 4.74 Å². The van der Waals surface area contributed by atoms with Crippen molar-refractivity contribution in [2.24, 2.45) is 5.41 Å². The molecule has 0 spiro atoms. The minimum atomic E-state index is -0.442. The zero-order valence-corrected chi connectivity index (χ0v) is 18.8. The molecule has 2 amide bonds. The van der Waals surface area contributed by atoms with Gasteiger partial charge in [-0.2, -0.15) is 0 Å². The molecule has 0 aliphatic carbocycles. The lowest BCUT2D eigenvalue weighted by atomic mass is 9.94. The molecule has 160 valence electrons. The lowest BCUT2D eigenvalue weighted by Gasteiger charge is -2.36. The Morgan fingerprint density at radius 2 is 1.83 bits per heavy atom. The number of nitrogens with zero attached hydrogens (tertiary/aromatic N) is 2. The van der Waals surface area contributed by atoms with Gasteiger partial charge in [-0.1, -0.05) is 38.5 Å². The molecule has 0 aromatic heterocycles. The smallest absolute Gasteiger partial charge is 0.255 e. The van der Waals surface area contributed by atoms with Gasteiger partial charge in [-0.25, -0.2) is 0 Å². The molecule has 29 heavy (non-hydrogen) atoms. The van der Waals surface area contributed by atoms with Crippen molar-refractivity contribution in [3.05, 3.63) is 35.4 Å². The summed E-state index contributed by atoms with van der Waals surface area (Å²) in [5.41, 5.74) is 1.63. The average Bonchev–Trinajstić information content (AvgIpc) is 3.14. The van der Waals surface area contributed by atoms with Gasteiger partial charge in [0, 0.05) is 37.5 Å². The van der Waals surface area contributed by atoms with Gasteiger partial charge in [-0.15, -0.1) is 11.8 Å². The molecule has 1 N–H and O–H groups in total. The van der Waals surface area contributed by atoms with Gasteiger partial charge in [0.2, 0.25) is 5.91 Å². The zero-order valence-electron chi connectivity index (χ0n) is 17.9. The molecule has 2 saturated heterocycles. The number of ether oxygens (including phenoxy) is 1. The summed E-state index contributed by atoms with van der Waals surface area (Å²) in [5.74, 6) is 0.504. The van der Waals surface area contributed by atoms with Gasteiger partial charge in [0.25, 0.3) is 5.91 Å². The molecule has 2 atom stereocenters. The van der Waals surface area contributed by atoms with Crippen molar-refractivity contribution in [1.82, 2.24) is 15.1 Å². The van der Waals surface area contributed by atoms with Gasteiger partial charge >= 0.3 is 0 Å². The number of rotatable bonds is 5. The fourth-order valence-corrected chi connectivity index (χ4v) is 5.33. The number of amides is 2. The van der Waals surface area contributed by atoms with E-state index in [1.54, 1.807) is 16.7 Å². The van der Waals surface area contributed by atoms with Crippen LogP contribution in [0.2, 0.25) is 0 Å². The van der Waals surface area contributed by atoms with Gasteiger partial charge in [0.05, 0.1) is 18.6 Å². The Morgan fingerprint density at radius 1 is 1.17 bits per heavy atom. The summed E-state index contributed by atoms with van der Waals surface area (Å²) in [6.45, 7) is 13.1.